The molecule has 1 aromatic carbocycles. The molecule has 0 radical (unpaired) electrons. The van der Waals surface area contributed by atoms with E-state index in [0.717, 1.165) is 10.5 Å². The Hall–Kier alpha value is -5.40. The summed E-state index contributed by atoms with van der Waals surface area (Å²) in [5.41, 5.74) is -0.0565. The molecule has 1 aliphatic rings. The predicted octanol–water partition coefficient (Wildman–Crippen LogP) is 2.70. The van der Waals surface area contributed by atoms with Crippen molar-refractivity contribution in [2.75, 3.05) is 58.0 Å². The van der Waals surface area contributed by atoms with Crippen molar-refractivity contribution in [3.63, 3.8) is 0 Å². The topological polar surface area (TPSA) is 246 Å². The number of anilines is 1. The molecule has 63 heavy (non-hydrogen) atoms. The molecule has 0 bridgehead atoms. The summed E-state index contributed by atoms with van der Waals surface area (Å²) < 4.78 is 27.2. The minimum atomic E-state index is -0.926. The predicted molar refractivity (Wildman–Crippen MR) is 232 cm³/mol. The molecule has 1 aromatic rings. The fourth-order valence-electron chi connectivity index (χ4n) is 5.74. The first-order valence-corrected chi connectivity index (χ1v) is 21.3. The molecule has 1 heterocycles. The summed E-state index contributed by atoms with van der Waals surface area (Å²) in [6.45, 7) is 17.4. The number of carbonyl (C=O) groups is 8. The first-order valence-electron chi connectivity index (χ1n) is 21.3. The summed E-state index contributed by atoms with van der Waals surface area (Å²) in [6.07, 6.45) is 3.04. The molecule has 0 spiro atoms. The Morgan fingerprint density at radius 2 is 1.21 bits per heavy atom. The van der Waals surface area contributed by atoms with Crippen LogP contribution in [0.5, 0.6) is 0 Å². The van der Waals surface area contributed by atoms with Crippen LogP contribution in [0, 0.1) is 5.92 Å². The normalized spacial score (nSPS) is 14.6. The molecule has 5 N–H and O–H groups in total. The molecular formula is C44H68N6O13. The van der Waals surface area contributed by atoms with E-state index in [9.17, 15) is 38.4 Å². The average molecular weight is 889 g/mol. The Kier molecular flexibility index (Phi) is 23.0. The van der Waals surface area contributed by atoms with Gasteiger partial charge in [-0.25, -0.2) is 4.79 Å². The fourth-order valence-corrected chi connectivity index (χ4v) is 5.74. The largest absolute Gasteiger partial charge is 0.460 e. The van der Waals surface area contributed by atoms with Gasteiger partial charge in [-0.2, -0.15) is 0 Å². The lowest BCUT2D eigenvalue weighted by molar-refractivity contribution is -0.159. The van der Waals surface area contributed by atoms with Crippen LogP contribution in [0.3, 0.4) is 0 Å². The van der Waals surface area contributed by atoms with Gasteiger partial charge in [0.2, 0.25) is 23.6 Å². The summed E-state index contributed by atoms with van der Waals surface area (Å²) in [7, 11) is 0. The van der Waals surface area contributed by atoms with Crippen LogP contribution in [0.2, 0.25) is 0 Å². The summed E-state index contributed by atoms with van der Waals surface area (Å²) in [5, 5.41) is 13.5. The highest BCUT2D eigenvalue weighted by atomic mass is 16.6. The molecule has 0 aliphatic carbocycles. The van der Waals surface area contributed by atoms with Crippen molar-refractivity contribution in [3.8, 4) is 0 Å². The van der Waals surface area contributed by atoms with Crippen molar-refractivity contribution >= 4 is 53.2 Å². The lowest BCUT2D eigenvalue weighted by Crippen LogP contribution is -2.50. The molecule has 0 aromatic heterocycles. The Bertz CT molecular complexity index is 1700. The van der Waals surface area contributed by atoms with Crippen molar-refractivity contribution in [1.29, 1.82) is 0 Å². The van der Waals surface area contributed by atoms with Gasteiger partial charge >= 0.3 is 12.1 Å². The van der Waals surface area contributed by atoms with Crippen LogP contribution >= 0.6 is 0 Å². The standard InChI is InChI=1S/C44H68N6O13/c1-29(41(57)62-43(4,5)6)27-34(49-42(58)63-44(7,8)9)28-32-12-14-33(15-13-32)48-40(56)31(3)47-39(55)30(2)46-36(52)18-21-59-23-25-61-26-24-60-22-19-45-35(51)11-10-20-50-37(53)16-17-38(50)54/h12-17,29-31,34H,10-11,18-28H2,1-9H3,(H,45,51)(H,46,52)(H,47,55)(H,48,56)(H,49,58)/t29-,30-,31-,34+/m0/s1. The maximum atomic E-state index is 12.9. The van der Waals surface area contributed by atoms with E-state index in [1.807, 2.05) is 0 Å². The summed E-state index contributed by atoms with van der Waals surface area (Å²) >= 11 is 0. The van der Waals surface area contributed by atoms with Gasteiger partial charge in [-0.3, -0.25) is 38.5 Å². The highest BCUT2D eigenvalue weighted by molar-refractivity contribution is 6.12. The average Bonchev–Trinajstić information content (AvgIpc) is 3.49. The number of rotatable bonds is 27. The zero-order valence-electron chi connectivity index (χ0n) is 38.2. The first-order chi connectivity index (χ1) is 29.5. The van der Waals surface area contributed by atoms with Gasteiger partial charge in [0.25, 0.3) is 11.8 Å². The van der Waals surface area contributed by atoms with E-state index in [2.05, 4.69) is 26.6 Å². The van der Waals surface area contributed by atoms with Crippen LogP contribution in [-0.2, 0) is 63.7 Å². The molecule has 19 heteroatoms. The molecule has 7 amide bonds. The minimum absolute atomic E-state index is 0.00474. The molecule has 2 rings (SSSR count). The number of alkyl carbamates (subject to hydrolysis) is 1. The monoisotopic (exact) mass is 888 g/mol. The van der Waals surface area contributed by atoms with E-state index in [-0.39, 0.29) is 69.5 Å². The Labute approximate surface area is 370 Å². The molecule has 0 fully saturated rings. The van der Waals surface area contributed by atoms with Gasteiger partial charge in [-0.05, 0) is 92.3 Å². The first kappa shape index (κ1) is 53.7. The Balaban J connectivity index is 1.62. The quantitative estimate of drug-likeness (QED) is 0.0485. The molecule has 1 aliphatic heterocycles. The fraction of sp³-hybridized carbons (Fsp3) is 0.636. The third-order valence-corrected chi connectivity index (χ3v) is 8.87. The molecule has 352 valence electrons. The van der Waals surface area contributed by atoms with E-state index in [0.29, 0.717) is 44.7 Å². The number of ether oxygens (including phenoxy) is 5. The number of nitrogens with one attached hydrogen (secondary N) is 5. The van der Waals surface area contributed by atoms with Gasteiger partial charge in [0.1, 0.15) is 23.3 Å². The van der Waals surface area contributed by atoms with E-state index in [4.69, 9.17) is 23.7 Å². The van der Waals surface area contributed by atoms with Crippen molar-refractivity contribution in [3.05, 3.63) is 42.0 Å². The number of carbonyl (C=O) groups excluding carboxylic acids is 8. The third kappa shape index (κ3) is 23.6. The smallest absolute Gasteiger partial charge is 0.407 e. The van der Waals surface area contributed by atoms with Crippen LogP contribution in [0.4, 0.5) is 10.5 Å². The second-order valence-corrected chi connectivity index (χ2v) is 17.1. The van der Waals surface area contributed by atoms with Crippen molar-refractivity contribution in [1.82, 2.24) is 26.2 Å². The zero-order chi connectivity index (χ0) is 47.2. The molecule has 0 saturated heterocycles. The van der Waals surface area contributed by atoms with Gasteiger partial charge in [-0.15, -0.1) is 0 Å². The number of nitrogens with zero attached hydrogens (tertiary/aromatic N) is 1. The van der Waals surface area contributed by atoms with Crippen molar-refractivity contribution < 1.29 is 62.0 Å². The van der Waals surface area contributed by atoms with Crippen LogP contribution in [0.1, 0.15) is 93.6 Å². The number of hydrogen-bond acceptors (Lipinski definition) is 13. The number of imide groups is 1. The second-order valence-electron chi connectivity index (χ2n) is 17.1. The van der Waals surface area contributed by atoms with Crippen molar-refractivity contribution in [2.24, 2.45) is 5.92 Å². The van der Waals surface area contributed by atoms with E-state index in [1.54, 1.807) is 72.7 Å². The van der Waals surface area contributed by atoms with Crippen LogP contribution in [0.25, 0.3) is 0 Å². The zero-order valence-corrected chi connectivity index (χ0v) is 38.2. The van der Waals surface area contributed by atoms with E-state index < -0.39 is 59.1 Å². The van der Waals surface area contributed by atoms with E-state index >= 15 is 0 Å². The Morgan fingerprint density at radius 3 is 1.79 bits per heavy atom. The Morgan fingerprint density at radius 1 is 0.651 bits per heavy atom. The molecule has 0 unspecified atom stereocenters. The maximum absolute atomic E-state index is 12.9. The molecule has 19 nitrogen and oxygen atoms in total. The number of esters is 1. The SMILES string of the molecule is C[C@H](NC(=O)CCOCCOCCOCCNC(=O)CCCN1C(=O)C=CC1=O)C(=O)N[C@@H](C)C(=O)Nc1ccc(C[C@@H](C[C@H](C)C(=O)OC(C)(C)C)NC(=O)OC(C)(C)C)cc1. The van der Waals surface area contributed by atoms with Gasteiger partial charge in [0.15, 0.2) is 0 Å². The number of hydrogen-bond donors (Lipinski definition) is 5. The highest BCUT2D eigenvalue weighted by Gasteiger charge is 2.28. The second kappa shape index (κ2) is 26.9. The molecule has 0 saturated carbocycles. The van der Waals surface area contributed by atoms with Gasteiger partial charge < -0.3 is 50.3 Å². The molecule has 4 atom stereocenters. The van der Waals surface area contributed by atoms with Gasteiger partial charge in [-0.1, -0.05) is 19.1 Å². The van der Waals surface area contributed by atoms with Crippen LogP contribution in [0.15, 0.2) is 36.4 Å². The van der Waals surface area contributed by atoms with Gasteiger partial charge in [0, 0.05) is 49.8 Å². The van der Waals surface area contributed by atoms with Gasteiger partial charge in [0.05, 0.1) is 45.6 Å². The molecular weight excluding hydrogens is 821 g/mol. The third-order valence-electron chi connectivity index (χ3n) is 8.87. The lowest BCUT2D eigenvalue weighted by atomic mass is 9.96. The minimum Gasteiger partial charge on any atom is -0.460 e. The van der Waals surface area contributed by atoms with Crippen LogP contribution < -0.4 is 26.6 Å². The van der Waals surface area contributed by atoms with Crippen LogP contribution in [-0.4, -0.2) is 134 Å². The summed E-state index contributed by atoms with van der Waals surface area (Å²) in [6, 6.07) is 4.66. The number of benzene rings is 1. The summed E-state index contributed by atoms with van der Waals surface area (Å²) in [4.78, 5) is 99.4. The summed E-state index contributed by atoms with van der Waals surface area (Å²) in [5.74, 6) is -3.26. The number of amides is 7. The van der Waals surface area contributed by atoms with E-state index in [1.165, 1.54) is 26.0 Å². The maximum Gasteiger partial charge on any atom is 0.407 e. The highest BCUT2D eigenvalue weighted by Crippen LogP contribution is 2.19. The van der Waals surface area contributed by atoms with Crippen molar-refractivity contribution in [2.45, 2.75) is 124 Å². The lowest BCUT2D eigenvalue weighted by Gasteiger charge is -2.27.